The summed E-state index contributed by atoms with van der Waals surface area (Å²) >= 11 is 0. The van der Waals surface area contributed by atoms with Gasteiger partial charge in [-0.15, -0.1) is 0 Å². The van der Waals surface area contributed by atoms with Crippen LogP contribution < -0.4 is 10.1 Å². The zero-order valence-electron chi connectivity index (χ0n) is 12.9. The van der Waals surface area contributed by atoms with E-state index in [2.05, 4.69) is 5.32 Å². The topological polar surface area (TPSA) is 58.6 Å². The fourth-order valence-corrected chi connectivity index (χ4v) is 2.73. The number of ether oxygens (including phenoxy) is 1. The van der Waals surface area contributed by atoms with Gasteiger partial charge in [0.15, 0.2) is 6.61 Å². The van der Waals surface area contributed by atoms with Crippen molar-refractivity contribution in [2.24, 2.45) is 0 Å². The van der Waals surface area contributed by atoms with Crippen molar-refractivity contribution in [1.29, 1.82) is 0 Å². The van der Waals surface area contributed by atoms with Gasteiger partial charge in [0, 0.05) is 12.6 Å². The third-order valence-corrected chi connectivity index (χ3v) is 4.18. The number of hydrogen-bond donors (Lipinski definition) is 1. The standard InChI is InChI=1S/C17H22N2O3/c1-12-4-8-14(9-5-12)22-11-16(20)19-10-2-3-15(19)17(21)18-13-6-7-13/h4-5,8-9,13,15H,2-3,6-7,10-11H2,1H3,(H,18,21)/t15-/m0/s1. The van der Waals surface area contributed by atoms with E-state index >= 15 is 0 Å². The van der Waals surface area contributed by atoms with Crippen molar-refractivity contribution in [3.05, 3.63) is 29.8 Å². The Morgan fingerprint density at radius 2 is 1.95 bits per heavy atom. The Labute approximate surface area is 130 Å². The van der Waals surface area contributed by atoms with Crippen LogP contribution in [0, 0.1) is 6.92 Å². The molecule has 1 aliphatic heterocycles. The second-order valence-corrected chi connectivity index (χ2v) is 6.13. The van der Waals surface area contributed by atoms with Gasteiger partial charge in [-0.05, 0) is 44.7 Å². The number of likely N-dealkylation sites (tertiary alicyclic amines) is 1. The van der Waals surface area contributed by atoms with E-state index in [9.17, 15) is 9.59 Å². The van der Waals surface area contributed by atoms with Crippen LogP contribution in [0.5, 0.6) is 5.75 Å². The van der Waals surface area contributed by atoms with Crippen molar-refractivity contribution in [2.45, 2.75) is 44.7 Å². The summed E-state index contributed by atoms with van der Waals surface area (Å²) in [4.78, 5) is 26.2. The number of amides is 2. The Kier molecular flexibility index (Phi) is 4.32. The van der Waals surface area contributed by atoms with Crippen LogP contribution >= 0.6 is 0 Å². The molecule has 1 atom stereocenters. The van der Waals surface area contributed by atoms with E-state index in [1.807, 2.05) is 31.2 Å². The number of benzene rings is 1. The molecule has 0 unspecified atom stereocenters. The minimum absolute atomic E-state index is 0.0105. The Hall–Kier alpha value is -2.04. The molecular formula is C17H22N2O3. The van der Waals surface area contributed by atoms with Gasteiger partial charge in [0.2, 0.25) is 5.91 Å². The third kappa shape index (κ3) is 3.59. The van der Waals surface area contributed by atoms with Gasteiger partial charge in [0.05, 0.1) is 0 Å². The van der Waals surface area contributed by atoms with Gasteiger partial charge in [0.1, 0.15) is 11.8 Å². The molecule has 1 heterocycles. The Bertz CT molecular complexity index is 552. The molecule has 0 bridgehead atoms. The molecule has 5 nitrogen and oxygen atoms in total. The molecular weight excluding hydrogens is 280 g/mol. The van der Waals surface area contributed by atoms with Crippen molar-refractivity contribution in [2.75, 3.05) is 13.2 Å². The maximum absolute atomic E-state index is 12.3. The molecule has 2 amide bonds. The third-order valence-electron chi connectivity index (χ3n) is 4.18. The first-order chi connectivity index (χ1) is 10.6. The lowest BCUT2D eigenvalue weighted by molar-refractivity contribution is -0.140. The Morgan fingerprint density at radius 1 is 1.23 bits per heavy atom. The molecule has 5 heteroatoms. The predicted octanol–water partition coefficient (Wildman–Crippen LogP) is 1.64. The van der Waals surface area contributed by atoms with Gasteiger partial charge in [-0.3, -0.25) is 9.59 Å². The summed E-state index contributed by atoms with van der Waals surface area (Å²) in [6, 6.07) is 7.60. The second-order valence-electron chi connectivity index (χ2n) is 6.13. The summed E-state index contributed by atoms with van der Waals surface area (Å²) < 4.78 is 5.53. The summed E-state index contributed by atoms with van der Waals surface area (Å²) in [5, 5.41) is 2.99. The van der Waals surface area contributed by atoms with Crippen molar-refractivity contribution in [3.63, 3.8) is 0 Å². The lowest BCUT2D eigenvalue weighted by atomic mass is 10.2. The van der Waals surface area contributed by atoms with Gasteiger partial charge >= 0.3 is 0 Å². The minimum atomic E-state index is -0.324. The molecule has 22 heavy (non-hydrogen) atoms. The zero-order valence-corrected chi connectivity index (χ0v) is 12.9. The van der Waals surface area contributed by atoms with Crippen LogP contribution in [0.15, 0.2) is 24.3 Å². The van der Waals surface area contributed by atoms with E-state index in [4.69, 9.17) is 4.74 Å². The quantitative estimate of drug-likeness (QED) is 0.899. The number of rotatable bonds is 5. The Morgan fingerprint density at radius 3 is 2.64 bits per heavy atom. The SMILES string of the molecule is Cc1ccc(OCC(=O)N2CCC[C@H]2C(=O)NC2CC2)cc1. The molecule has 1 aromatic carbocycles. The monoisotopic (exact) mass is 302 g/mol. The van der Waals surface area contributed by atoms with Crippen molar-refractivity contribution in [3.8, 4) is 5.75 Å². The van der Waals surface area contributed by atoms with Gasteiger partial charge in [-0.25, -0.2) is 0 Å². The fourth-order valence-electron chi connectivity index (χ4n) is 2.73. The van der Waals surface area contributed by atoms with Crippen LogP contribution in [0.2, 0.25) is 0 Å². The average Bonchev–Trinajstić information content (AvgIpc) is 3.18. The first-order valence-corrected chi connectivity index (χ1v) is 7.93. The van der Waals surface area contributed by atoms with Gasteiger partial charge in [0.25, 0.3) is 5.91 Å². The first kappa shape index (κ1) is 14.9. The van der Waals surface area contributed by atoms with E-state index in [0.29, 0.717) is 18.3 Å². The van der Waals surface area contributed by atoms with Crippen LogP contribution in [0.4, 0.5) is 0 Å². The van der Waals surface area contributed by atoms with Crippen LogP contribution in [0.25, 0.3) is 0 Å². The van der Waals surface area contributed by atoms with E-state index in [0.717, 1.165) is 31.2 Å². The van der Waals surface area contributed by atoms with Crippen LogP contribution in [-0.2, 0) is 9.59 Å². The molecule has 0 spiro atoms. The fraction of sp³-hybridized carbons (Fsp3) is 0.529. The number of aryl methyl sites for hydroxylation is 1. The molecule has 1 aliphatic carbocycles. The molecule has 0 radical (unpaired) electrons. The summed E-state index contributed by atoms with van der Waals surface area (Å²) in [6.45, 7) is 2.62. The molecule has 0 aromatic heterocycles. The highest BCUT2D eigenvalue weighted by Gasteiger charge is 2.36. The van der Waals surface area contributed by atoms with E-state index in [-0.39, 0.29) is 24.5 Å². The maximum atomic E-state index is 12.3. The molecule has 1 saturated heterocycles. The van der Waals surface area contributed by atoms with E-state index in [1.54, 1.807) is 4.90 Å². The first-order valence-electron chi connectivity index (χ1n) is 7.93. The predicted molar refractivity (Wildman–Crippen MR) is 82.6 cm³/mol. The van der Waals surface area contributed by atoms with Gasteiger partial charge in [-0.2, -0.15) is 0 Å². The van der Waals surface area contributed by atoms with Crippen LogP contribution in [0.3, 0.4) is 0 Å². The highest BCUT2D eigenvalue weighted by molar-refractivity contribution is 5.89. The summed E-state index contributed by atoms with van der Waals surface area (Å²) in [7, 11) is 0. The number of carbonyl (C=O) groups excluding carboxylic acids is 2. The number of hydrogen-bond acceptors (Lipinski definition) is 3. The molecule has 3 rings (SSSR count). The van der Waals surface area contributed by atoms with E-state index < -0.39 is 0 Å². The van der Waals surface area contributed by atoms with Gasteiger partial charge in [-0.1, -0.05) is 17.7 Å². The molecule has 1 N–H and O–H groups in total. The lowest BCUT2D eigenvalue weighted by Gasteiger charge is -2.24. The second kappa shape index (κ2) is 6.38. The molecule has 1 aromatic rings. The van der Waals surface area contributed by atoms with Crippen molar-refractivity contribution in [1.82, 2.24) is 10.2 Å². The lowest BCUT2D eigenvalue weighted by Crippen LogP contribution is -2.47. The highest BCUT2D eigenvalue weighted by atomic mass is 16.5. The van der Waals surface area contributed by atoms with Crippen molar-refractivity contribution < 1.29 is 14.3 Å². The molecule has 1 saturated carbocycles. The van der Waals surface area contributed by atoms with Crippen LogP contribution in [-0.4, -0.2) is 41.9 Å². The molecule has 2 fully saturated rings. The summed E-state index contributed by atoms with van der Waals surface area (Å²) in [5.41, 5.74) is 1.15. The van der Waals surface area contributed by atoms with Crippen molar-refractivity contribution >= 4 is 11.8 Å². The zero-order chi connectivity index (χ0) is 15.5. The van der Waals surface area contributed by atoms with E-state index in [1.165, 1.54) is 0 Å². The average molecular weight is 302 g/mol. The van der Waals surface area contributed by atoms with Crippen LogP contribution in [0.1, 0.15) is 31.2 Å². The smallest absolute Gasteiger partial charge is 0.261 e. The molecule has 2 aliphatic rings. The highest BCUT2D eigenvalue weighted by Crippen LogP contribution is 2.22. The summed E-state index contributed by atoms with van der Waals surface area (Å²) in [6.07, 6.45) is 3.74. The molecule has 118 valence electrons. The maximum Gasteiger partial charge on any atom is 0.261 e. The number of carbonyl (C=O) groups is 2. The summed E-state index contributed by atoms with van der Waals surface area (Å²) in [5.74, 6) is 0.551. The number of nitrogens with zero attached hydrogens (tertiary/aromatic N) is 1. The minimum Gasteiger partial charge on any atom is -0.484 e. The number of nitrogens with one attached hydrogen (secondary N) is 1. The van der Waals surface area contributed by atoms with Gasteiger partial charge < -0.3 is 15.0 Å². The Balaban J connectivity index is 1.53. The largest absolute Gasteiger partial charge is 0.484 e. The normalized spacial score (nSPS) is 20.8.